The molecule has 0 aromatic heterocycles. The number of cyclic esters (lactones) is 1. The lowest BCUT2D eigenvalue weighted by Crippen LogP contribution is -2.06. The number of halogens is 2. The van der Waals surface area contributed by atoms with E-state index < -0.39 is 12.6 Å². The average molecular weight is 340 g/mol. The van der Waals surface area contributed by atoms with Gasteiger partial charge in [-0.1, -0.05) is 12.1 Å². The van der Waals surface area contributed by atoms with E-state index >= 15 is 0 Å². The Kier molecular flexibility index (Phi) is 4.53. The van der Waals surface area contributed by atoms with Crippen molar-refractivity contribution in [3.05, 3.63) is 70.9 Å². The molecule has 0 unspecified atom stereocenters. The maximum atomic E-state index is 12.1. The summed E-state index contributed by atoms with van der Waals surface area (Å²) < 4.78 is 33.6. The first kappa shape index (κ1) is 16.3. The molecule has 0 radical (unpaired) electrons. The van der Waals surface area contributed by atoms with Gasteiger partial charge in [-0.05, 0) is 48.0 Å². The molecule has 1 heterocycles. The van der Waals surface area contributed by atoms with Gasteiger partial charge in [0.05, 0.1) is 11.6 Å². The smallest absolute Gasteiger partial charge is 0.387 e. The number of carbonyl (C=O) groups excluding carboxylic acids is 1. The summed E-state index contributed by atoms with van der Waals surface area (Å²) in [5.41, 5.74) is 1.76. The van der Waals surface area contributed by atoms with Gasteiger partial charge in [-0.2, -0.15) is 14.0 Å². The van der Waals surface area contributed by atoms with Crippen molar-refractivity contribution < 1.29 is 23.0 Å². The second-order valence-electron chi connectivity index (χ2n) is 4.97. The highest BCUT2D eigenvalue weighted by atomic mass is 19.3. The average Bonchev–Trinajstić information content (AvgIpc) is 2.96. The highest BCUT2D eigenvalue weighted by molar-refractivity contribution is 6.12. The molecule has 0 spiro atoms. The maximum Gasteiger partial charge on any atom is 0.387 e. The van der Waals surface area contributed by atoms with Crippen LogP contribution in [0.5, 0.6) is 5.75 Å². The van der Waals surface area contributed by atoms with Crippen molar-refractivity contribution in [2.75, 3.05) is 0 Å². The molecular weight excluding hydrogens is 330 g/mol. The Morgan fingerprint density at radius 2 is 1.80 bits per heavy atom. The lowest BCUT2D eigenvalue weighted by molar-refractivity contribution is -0.129. The molecule has 2 aromatic rings. The molecule has 0 amide bonds. The summed E-state index contributed by atoms with van der Waals surface area (Å²) in [4.78, 5) is 16.0. The van der Waals surface area contributed by atoms with Gasteiger partial charge in [-0.25, -0.2) is 9.79 Å². The Bertz CT molecular complexity index is 895. The summed E-state index contributed by atoms with van der Waals surface area (Å²) in [6, 6.07) is 14.2. The first-order valence-corrected chi connectivity index (χ1v) is 7.13. The minimum atomic E-state index is -2.91. The van der Waals surface area contributed by atoms with Crippen molar-refractivity contribution in [1.29, 1.82) is 5.26 Å². The van der Waals surface area contributed by atoms with Crippen molar-refractivity contribution in [3.63, 3.8) is 0 Å². The molecule has 25 heavy (non-hydrogen) atoms. The molecule has 0 fully saturated rings. The topological polar surface area (TPSA) is 71.7 Å². The molecule has 1 aliphatic heterocycles. The normalized spacial score (nSPS) is 15.0. The summed E-state index contributed by atoms with van der Waals surface area (Å²) in [5.74, 6) is -0.544. The number of nitrogens with zero attached hydrogens (tertiary/aromatic N) is 2. The molecule has 0 atom stereocenters. The number of benzene rings is 2. The molecule has 124 valence electrons. The van der Waals surface area contributed by atoms with E-state index in [4.69, 9.17) is 10.00 Å². The number of esters is 1. The minimum absolute atomic E-state index is 0.00276. The SMILES string of the molecule is N#Cc1ccc(/C=C2\N=C(c3ccc(OC(F)F)cc3)OC2=O)cc1. The number of carbonyl (C=O) groups is 1. The zero-order chi connectivity index (χ0) is 17.8. The third-order valence-corrected chi connectivity index (χ3v) is 3.29. The fraction of sp³-hybridized carbons (Fsp3) is 0.0556. The Hall–Kier alpha value is -3.53. The first-order valence-electron chi connectivity index (χ1n) is 7.13. The molecule has 0 saturated heterocycles. The lowest BCUT2D eigenvalue weighted by atomic mass is 10.1. The van der Waals surface area contributed by atoms with Crippen LogP contribution < -0.4 is 4.74 Å². The highest BCUT2D eigenvalue weighted by Gasteiger charge is 2.24. The van der Waals surface area contributed by atoms with Crippen LogP contribution in [0.25, 0.3) is 6.08 Å². The number of alkyl halides is 2. The number of hydrogen-bond acceptors (Lipinski definition) is 5. The van der Waals surface area contributed by atoms with Crippen LogP contribution in [0.3, 0.4) is 0 Å². The summed E-state index contributed by atoms with van der Waals surface area (Å²) in [6.45, 7) is -2.91. The van der Waals surface area contributed by atoms with Gasteiger partial charge in [0.15, 0.2) is 5.70 Å². The Morgan fingerprint density at radius 1 is 1.12 bits per heavy atom. The standard InChI is InChI=1S/C18H10F2N2O3/c19-18(20)24-14-7-5-13(6-8-14)16-22-15(17(23)25-16)9-11-1-3-12(10-21)4-2-11/h1-9,18H/b15-9-. The van der Waals surface area contributed by atoms with Crippen LogP contribution in [0.4, 0.5) is 8.78 Å². The van der Waals surface area contributed by atoms with Crippen LogP contribution in [-0.2, 0) is 9.53 Å². The van der Waals surface area contributed by atoms with Gasteiger partial charge in [-0.15, -0.1) is 0 Å². The molecule has 0 aliphatic carbocycles. The second kappa shape index (κ2) is 6.93. The van der Waals surface area contributed by atoms with Crippen molar-refractivity contribution in [2.45, 2.75) is 6.61 Å². The molecule has 1 aliphatic rings. The molecule has 0 saturated carbocycles. The van der Waals surface area contributed by atoms with Crippen molar-refractivity contribution in [2.24, 2.45) is 4.99 Å². The molecule has 5 nitrogen and oxygen atoms in total. The molecule has 3 rings (SSSR count). The van der Waals surface area contributed by atoms with Crippen LogP contribution in [-0.4, -0.2) is 18.5 Å². The molecule has 7 heteroatoms. The molecule has 0 N–H and O–H groups in total. The fourth-order valence-electron chi connectivity index (χ4n) is 2.12. The zero-order valence-electron chi connectivity index (χ0n) is 12.6. The third-order valence-electron chi connectivity index (χ3n) is 3.29. The molecule has 0 bridgehead atoms. The van der Waals surface area contributed by atoms with Gasteiger partial charge < -0.3 is 9.47 Å². The monoisotopic (exact) mass is 340 g/mol. The van der Waals surface area contributed by atoms with Gasteiger partial charge in [-0.3, -0.25) is 0 Å². The largest absolute Gasteiger partial charge is 0.435 e. The maximum absolute atomic E-state index is 12.1. The Morgan fingerprint density at radius 3 is 2.40 bits per heavy atom. The van der Waals surface area contributed by atoms with E-state index in [1.165, 1.54) is 30.3 Å². The van der Waals surface area contributed by atoms with Crippen LogP contribution in [0.15, 0.2) is 59.2 Å². The summed E-state index contributed by atoms with van der Waals surface area (Å²) in [5, 5.41) is 8.77. The Labute approximate surface area is 141 Å². The van der Waals surface area contributed by atoms with E-state index in [1.807, 2.05) is 6.07 Å². The van der Waals surface area contributed by atoms with Crippen molar-refractivity contribution in [3.8, 4) is 11.8 Å². The van der Waals surface area contributed by atoms with Gasteiger partial charge in [0.25, 0.3) is 0 Å². The van der Waals surface area contributed by atoms with Gasteiger partial charge in [0.2, 0.25) is 5.90 Å². The van der Waals surface area contributed by atoms with E-state index in [0.717, 1.165) is 0 Å². The van der Waals surface area contributed by atoms with E-state index in [1.54, 1.807) is 24.3 Å². The lowest BCUT2D eigenvalue weighted by Gasteiger charge is -2.04. The van der Waals surface area contributed by atoms with Gasteiger partial charge in [0, 0.05) is 5.56 Å². The number of nitriles is 1. The van der Waals surface area contributed by atoms with Crippen LogP contribution in [0.1, 0.15) is 16.7 Å². The second-order valence-corrected chi connectivity index (χ2v) is 4.97. The van der Waals surface area contributed by atoms with E-state index in [-0.39, 0.29) is 17.3 Å². The number of hydrogen-bond donors (Lipinski definition) is 0. The zero-order valence-corrected chi connectivity index (χ0v) is 12.6. The van der Waals surface area contributed by atoms with E-state index in [0.29, 0.717) is 16.7 Å². The first-order chi connectivity index (χ1) is 12.0. The quantitative estimate of drug-likeness (QED) is 0.631. The minimum Gasteiger partial charge on any atom is -0.435 e. The Balaban J connectivity index is 1.82. The highest BCUT2D eigenvalue weighted by Crippen LogP contribution is 2.21. The van der Waals surface area contributed by atoms with E-state index in [9.17, 15) is 13.6 Å². The van der Waals surface area contributed by atoms with Gasteiger partial charge >= 0.3 is 12.6 Å². The fourth-order valence-corrected chi connectivity index (χ4v) is 2.12. The predicted octanol–water partition coefficient (Wildman–Crippen LogP) is 3.50. The summed E-state index contributed by atoms with van der Waals surface area (Å²) in [6.07, 6.45) is 1.53. The van der Waals surface area contributed by atoms with Crippen LogP contribution in [0.2, 0.25) is 0 Å². The van der Waals surface area contributed by atoms with Crippen LogP contribution in [0, 0.1) is 11.3 Å². The number of aliphatic imine (C=N–C) groups is 1. The predicted molar refractivity (Wildman–Crippen MR) is 84.8 cm³/mol. The summed E-state index contributed by atoms with van der Waals surface area (Å²) >= 11 is 0. The summed E-state index contributed by atoms with van der Waals surface area (Å²) in [7, 11) is 0. The van der Waals surface area contributed by atoms with E-state index in [2.05, 4.69) is 9.73 Å². The van der Waals surface area contributed by atoms with Gasteiger partial charge in [0.1, 0.15) is 5.75 Å². The number of ether oxygens (including phenoxy) is 2. The van der Waals surface area contributed by atoms with Crippen molar-refractivity contribution >= 4 is 17.9 Å². The van der Waals surface area contributed by atoms with Crippen LogP contribution >= 0.6 is 0 Å². The third kappa shape index (κ3) is 3.87. The van der Waals surface area contributed by atoms with Crippen molar-refractivity contribution in [1.82, 2.24) is 0 Å². The molecule has 2 aromatic carbocycles. The number of rotatable bonds is 4. The molecular formula is C18H10F2N2O3.